The molecule has 2 aliphatic rings. The standard InChI is InChI=1S/C28H41N5O5/c1-18(2)24-28(38)32(4)17-23(34)30-22(16-20-10-6-5-7-11-20)26(36)29-14-9-15-33(19(3)25(35)31-24)27(37)21-12-8-13-21/h5-7,10-11,18-19,21-22,24H,8-9,12-17H2,1-4H3,(H,29,36)(H,30,34)(H,31,35)/t19-,22+,24+/m1/s1. The number of likely N-dealkylation sites (N-methyl/N-ethyl adjacent to an activating group) is 1. The molecule has 0 unspecified atom stereocenters. The van der Waals surface area contributed by atoms with Crippen LogP contribution < -0.4 is 16.0 Å². The van der Waals surface area contributed by atoms with Crippen LogP contribution in [0.15, 0.2) is 30.3 Å². The Morgan fingerprint density at radius 1 is 1.00 bits per heavy atom. The molecule has 3 N–H and O–H groups in total. The summed E-state index contributed by atoms with van der Waals surface area (Å²) in [5, 5.41) is 8.46. The maximum absolute atomic E-state index is 13.3. The maximum Gasteiger partial charge on any atom is 0.245 e. The van der Waals surface area contributed by atoms with Crippen molar-refractivity contribution in [2.45, 2.75) is 71.0 Å². The molecule has 38 heavy (non-hydrogen) atoms. The molecule has 2 fully saturated rings. The lowest BCUT2D eigenvalue weighted by molar-refractivity contribution is -0.146. The van der Waals surface area contributed by atoms with E-state index >= 15 is 0 Å². The summed E-state index contributed by atoms with van der Waals surface area (Å²) in [6, 6.07) is 6.92. The lowest BCUT2D eigenvalue weighted by Crippen LogP contribution is -2.58. The predicted octanol–water partition coefficient (Wildman–Crippen LogP) is 0.850. The molecule has 3 atom stereocenters. The fourth-order valence-electron chi connectivity index (χ4n) is 4.73. The summed E-state index contributed by atoms with van der Waals surface area (Å²) in [5.41, 5.74) is 0.889. The van der Waals surface area contributed by atoms with Crippen LogP contribution >= 0.6 is 0 Å². The molecule has 208 valence electrons. The van der Waals surface area contributed by atoms with Crippen LogP contribution in [0, 0.1) is 11.8 Å². The first-order valence-electron chi connectivity index (χ1n) is 13.5. The topological polar surface area (TPSA) is 128 Å². The molecule has 10 nitrogen and oxygen atoms in total. The van der Waals surface area contributed by atoms with Crippen molar-refractivity contribution >= 4 is 29.5 Å². The molecule has 1 aromatic rings. The molecule has 1 saturated carbocycles. The second-order valence-electron chi connectivity index (χ2n) is 10.7. The minimum atomic E-state index is -0.861. The van der Waals surface area contributed by atoms with E-state index in [1.165, 1.54) is 11.9 Å². The van der Waals surface area contributed by atoms with Gasteiger partial charge in [0.2, 0.25) is 29.5 Å². The van der Waals surface area contributed by atoms with E-state index in [-0.39, 0.29) is 36.7 Å². The molecule has 1 saturated heterocycles. The zero-order chi connectivity index (χ0) is 27.8. The highest BCUT2D eigenvalue weighted by atomic mass is 16.2. The van der Waals surface area contributed by atoms with E-state index in [2.05, 4.69) is 16.0 Å². The number of hydrogen-bond acceptors (Lipinski definition) is 5. The number of nitrogens with one attached hydrogen (secondary N) is 3. The molecule has 0 spiro atoms. The first kappa shape index (κ1) is 29.1. The molecule has 1 heterocycles. The van der Waals surface area contributed by atoms with Gasteiger partial charge in [-0.3, -0.25) is 24.0 Å². The minimum absolute atomic E-state index is 0.0647. The quantitative estimate of drug-likeness (QED) is 0.535. The van der Waals surface area contributed by atoms with Crippen molar-refractivity contribution in [2.75, 3.05) is 26.7 Å². The van der Waals surface area contributed by atoms with Crippen LogP contribution in [-0.4, -0.2) is 84.1 Å². The summed E-state index contributed by atoms with van der Waals surface area (Å²) in [7, 11) is 1.49. The third-order valence-corrected chi connectivity index (χ3v) is 7.38. The van der Waals surface area contributed by atoms with E-state index in [0.717, 1.165) is 24.8 Å². The van der Waals surface area contributed by atoms with Crippen molar-refractivity contribution in [2.24, 2.45) is 11.8 Å². The summed E-state index contributed by atoms with van der Waals surface area (Å²) >= 11 is 0. The van der Waals surface area contributed by atoms with Crippen molar-refractivity contribution in [3.05, 3.63) is 35.9 Å². The number of benzene rings is 1. The summed E-state index contributed by atoms with van der Waals surface area (Å²) in [6.07, 6.45) is 3.34. The highest BCUT2D eigenvalue weighted by molar-refractivity contribution is 5.94. The summed E-state index contributed by atoms with van der Waals surface area (Å²) in [4.78, 5) is 68.5. The van der Waals surface area contributed by atoms with Crippen molar-refractivity contribution in [3.8, 4) is 0 Å². The van der Waals surface area contributed by atoms with Crippen molar-refractivity contribution in [1.82, 2.24) is 25.8 Å². The van der Waals surface area contributed by atoms with Crippen LogP contribution in [0.4, 0.5) is 0 Å². The van der Waals surface area contributed by atoms with Gasteiger partial charge in [0, 0.05) is 32.5 Å². The fourth-order valence-corrected chi connectivity index (χ4v) is 4.73. The third-order valence-electron chi connectivity index (χ3n) is 7.38. The zero-order valence-electron chi connectivity index (χ0n) is 22.9. The molecule has 0 bridgehead atoms. The van der Waals surface area contributed by atoms with Gasteiger partial charge < -0.3 is 25.8 Å². The normalized spacial score (nSPS) is 24.9. The zero-order valence-corrected chi connectivity index (χ0v) is 22.9. The fraction of sp³-hybridized carbons (Fsp3) is 0.607. The summed E-state index contributed by atoms with van der Waals surface area (Å²) in [6.45, 7) is 5.62. The van der Waals surface area contributed by atoms with Gasteiger partial charge in [0.15, 0.2) is 0 Å². The number of nitrogens with zero attached hydrogens (tertiary/aromatic N) is 2. The Labute approximate surface area is 224 Å². The van der Waals surface area contributed by atoms with Gasteiger partial charge in [0.25, 0.3) is 0 Å². The smallest absolute Gasteiger partial charge is 0.245 e. The minimum Gasteiger partial charge on any atom is -0.354 e. The Balaban J connectivity index is 1.85. The number of carbonyl (C=O) groups is 5. The van der Waals surface area contributed by atoms with Gasteiger partial charge in [-0.05, 0) is 37.7 Å². The molecule has 3 rings (SSSR count). The van der Waals surface area contributed by atoms with Gasteiger partial charge in [-0.25, -0.2) is 0 Å². The average molecular weight is 528 g/mol. The first-order chi connectivity index (χ1) is 18.1. The maximum atomic E-state index is 13.3. The Morgan fingerprint density at radius 3 is 2.29 bits per heavy atom. The summed E-state index contributed by atoms with van der Waals surface area (Å²) < 4.78 is 0. The summed E-state index contributed by atoms with van der Waals surface area (Å²) in [5.74, 6) is -2.04. The predicted molar refractivity (Wildman–Crippen MR) is 143 cm³/mol. The molecule has 0 aromatic heterocycles. The number of carbonyl (C=O) groups excluding carboxylic acids is 5. The van der Waals surface area contributed by atoms with E-state index in [4.69, 9.17) is 0 Å². The first-order valence-corrected chi connectivity index (χ1v) is 13.5. The van der Waals surface area contributed by atoms with Crippen molar-refractivity contribution in [1.29, 1.82) is 0 Å². The molecule has 5 amide bonds. The third kappa shape index (κ3) is 7.55. The average Bonchev–Trinajstić information content (AvgIpc) is 2.84. The molecular formula is C28H41N5O5. The van der Waals surface area contributed by atoms with Crippen LogP contribution in [0.25, 0.3) is 0 Å². The second kappa shape index (κ2) is 13.4. The van der Waals surface area contributed by atoms with Crippen LogP contribution in [0.2, 0.25) is 0 Å². The van der Waals surface area contributed by atoms with E-state index in [1.54, 1.807) is 11.8 Å². The largest absolute Gasteiger partial charge is 0.354 e. The lowest BCUT2D eigenvalue weighted by atomic mass is 9.84. The molecule has 1 aliphatic heterocycles. The number of amides is 5. The van der Waals surface area contributed by atoms with Crippen LogP contribution in [0.5, 0.6) is 0 Å². The van der Waals surface area contributed by atoms with Gasteiger partial charge in [-0.15, -0.1) is 0 Å². The van der Waals surface area contributed by atoms with Crippen molar-refractivity contribution < 1.29 is 24.0 Å². The van der Waals surface area contributed by atoms with Crippen LogP contribution in [-0.2, 0) is 30.4 Å². The molecular weight excluding hydrogens is 486 g/mol. The molecule has 0 radical (unpaired) electrons. The molecule has 1 aromatic carbocycles. The van der Waals surface area contributed by atoms with E-state index in [9.17, 15) is 24.0 Å². The Bertz CT molecular complexity index is 1010. The monoisotopic (exact) mass is 527 g/mol. The molecule has 10 heteroatoms. The lowest BCUT2D eigenvalue weighted by Gasteiger charge is -2.36. The Morgan fingerprint density at radius 2 is 1.68 bits per heavy atom. The van der Waals surface area contributed by atoms with E-state index < -0.39 is 35.8 Å². The second-order valence-corrected chi connectivity index (χ2v) is 10.7. The van der Waals surface area contributed by atoms with Gasteiger partial charge in [-0.1, -0.05) is 50.6 Å². The Hall–Kier alpha value is -3.43. The highest BCUT2D eigenvalue weighted by Gasteiger charge is 2.36. The van der Waals surface area contributed by atoms with Gasteiger partial charge in [0.1, 0.15) is 18.1 Å². The SMILES string of the molecule is CC(C)[C@@H]1NC(=O)[C@@H](C)N(C(=O)C2CCC2)CCCNC(=O)[C@H](Cc2ccccc2)NC(=O)CN(C)C1=O. The van der Waals surface area contributed by atoms with Gasteiger partial charge in [0.05, 0.1) is 6.54 Å². The van der Waals surface area contributed by atoms with E-state index in [1.807, 2.05) is 44.2 Å². The van der Waals surface area contributed by atoms with Gasteiger partial charge in [-0.2, -0.15) is 0 Å². The van der Waals surface area contributed by atoms with Crippen LogP contribution in [0.1, 0.15) is 52.0 Å². The number of hydrogen-bond donors (Lipinski definition) is 3. The molecule has 1 aliphatic carbocycles. The van der Waals surface area contributed by atoms with Crippen LogP contribution in [0.3, 0.4) is 0 Å². The van der Waals surface area contributed by atoms with E-state index in [0.29, 0.717) is 19.4 Å². The Kier molecular flexibility index (Phi) is 10.3. The number of rotatable bonds is 4. The highest BCUT2D eigenvalue weighted by Crippen LogP contribution is 2.29. The van der Waals surface area contributed by atoms with Crippen molar-refractivity contribution in [3.63, 3.8) is 0 Å². The van der Waals surface area contributed by atoms with Gasteiger partial charge >= 0.3 is 0 Å².